The van der Waals surface area contributed by atoms with Gasteiger partial charge in [0.2, 0.25) is 0 Å². The first kappa shape index (κ1) is 14.3. The topological polar surface area (TPSA) is 29.9 Å². The van der Waals surface area contributed by atoms with Crippen molar-refractivity contribution in [2.24, 2.45) is 5.92 Å². The number of para-hydroxylation sites is 1. The highest BCUT2D eigenvalue weighted by atomic mass is 15.3. The normalized spacial score (nSPS) is 18.8. The molecule has 1 aromatic heterocycles. The molecule has 0 spiro atoms. The minimum absolute atomic E-state index is 0.345. The Hall–Kier alpha value is -1.61. The highest BCUT2D eigenvalue weighted by Crippen LogP contribution is 2.28. The molecule has 0 saturated heterocycles. The number of nitrogens with zero attached hydrogens (tertiary/aromatic N) is 2. The van der Waals surface area contributed by atoms with Crippen LogP contribution in [0.4, 0.5) is 0 Å². The predicted octanol–water partition coefficient (Wildman–Crippen LogP) is 4.10. The number of aromatic nitrogens is 2. The zero-order valence-corrected chi connectivity index (χ0v) is 13.0. The minimum atomic E-state index is 0.345. The Bertz CT molecular complexity index is 555. The van der Waals surface area contributed by atoms with Crippen molar-refractivity contribution in [3.63, 3.8) is 0 Å². The second-order valence-corrected chi connectivity index (χ2v) is 6.28. The van der Waals surface area contributed by atoms with Gasteiger partial charge in [-0.3, -0.25) is 0 Å². The van der Waals surface area contributed by atoms with Gasteiger partial charge in [-0.05, 0) is 44.7 Å². The third-order valence-electron chi connectivity index (χ3n) is 4.74. The summed E-state index contributed by atoms with van der Waals surface area (Å²) in [4.78, 5) is 0. The molecule has 1 unspecified atom stereocenters. The van der Waals surface area contributed by atoms with E-state index < -0.39 is 0 Å². The van der Waals surface area contributed by atoms with Gasteiger partial charge in [-0.15, -0.1) is 0 Å². The molecule has 1 fully saturated rings. The number of hydrogen-bond acceptors (Lipinski definition) is 2. The Labute approximate surface area is 127 Å². The molecule has 0 aliphatic heterocycles. The maximum Gasteiger partial charge on any atom is 0.0645 e. The van der Waals surface area contributed by atoms with E-state index in [2.05, 4.69) is 42.6 Å². The molecule has 3 nitrogen and oxygen atoms in total. The lowest BCUT2D eigenvalue weighted by molar-refractivity contribution is 0.352. The van der Waals surface area contributed by atoms with Crippen LogP contribution in [-0.4, -0.2) is 15.8 Å². The Morgan fingerprint density at radius 1 is 1.14 bits per heavy atom. The van der Waals surface area contributed by atoms with Crippen LogP contribution in [0.25, 0.3) is 5.69 Å². The van der Waals surface area contributed by atoms with E-state index in [1.54, 1.807) is 0 Å². The van der Waals surface area contributed by atoms with Crippen molar-refractivity contribution in [1.82, 2.24) is 15.1 Å². The molecule has 1 aromatic carbocycles. The molecule has 2 atom stereocenters. The number of nitrogens with one attached hydrogen (secondary N) is 1. The SMILES string of the molecule is CC(N[C@H](C)C1CCCC1)c1cnn(-c2ccccc2)c1. The van der Waals surface area contributed by atoms with E-state index in [-0.39, 0.29) is 0 Å². The first-order chi connectivity index (χ1) is 10.2. The molecule has 0 amide bonds. The highest BCUT2D eigenvalue weighted by molar-refractivity contribution is 5.31. The van der Waals surface area contributed by atoms with Gasteiger partial charge < -0.3 is 5.32 Å². The molecular weight excluding hydrogens is 258 g/mol. The van der Waals surface area contributed by atoms with E-state index in [0.717, 1.165) is 11.6 Å². The summed E-state index contributed by atoms with van der Waals surface area (Å²) >= 11 is 0. The van der Waals surface area contributed by atoms with Crippen molar-refractivity contribution in [2.75, 3.05) is 0 Å². The maximum atomic E-state index is 4.49. The number of hydrogen-bond donors (Lipinski definition) is 1. The third kappa shape index (κ3) is 3.35. The van der Waals surface area contributed by atoms with E-state index >= 15 is 0 Å². The van der Waals surface area contributed by atoms with Gasteiger partial charge in [-0.1, -0.05) is 31.0 Å². The lowest BCUT2D eigenvalue weighted by Gasteiger charge is -2.24. The molecule has 112 valence electrons. The van der Waals surface area contributed by atoms with E-state index in [1.165, 1.54) is 31.2 Å². The highest BCUT2D eigenvalue weighted by Gasteiger charge is 2.23. The summed E-state index contributed by atoms with van der Waals surface area (Å²) in [6.07, 6.45) is 9.67. The smallest absolute Gasteiger partial charge is 0.0645 e. The average Bonchev–Trinajstić information content (AvgIpc) is 3.20. The summed E-state index contributed by atoms with van der Waals surface area (Å²) in [5.41, 5.74) is 2.36. The molecule has 1 heterocycles. The van der Waals surface area contributed by atoms with Crippen LogP contribution in [0.15, 0.2) is 42.7 Å². The second kappa shape index (κ2) is 6.44. The largest absolute Gasteiger partial charge is 0.307 e. The Balaban J connectivity index is 1.65. The fraction of sp³-hybridized carbons (Fsp3) is 0.500. The minimum Gasteiger partial charge on any atom is -0.307 e. The fourth-order valence-electron chi connectivity index (χ4n) is 3.37. The third-order valence-corrected chi connectivity index (χ3v) is 4.74. The van der Waals surface area contributed by atoms with Crippen LogP contribution in [0.1, 0.15) is 51.1 Å². The van der Waals surface area contributed by atoms with Crippen molar-refractivity contribution in [3.8, 4) is 5.69 Å². The van der Waals surface area contributed by atoms with Gasteiger partial charge in [0.25, 0.3) is 0 Å². The Morgan fingerprint density at radius 2 is 1.86 bits per heavy atom. The summed E-state index contributed by atoms with van der Waals surface area (Å²) in [5.74, 6) is 0.844. The maximum absolute atomic E-state index is 4.49. The van der Waals surface area contributed by atoms with Crippen molar-refractivity contribution >= 4 is 0 Å². The Morgan fingerprint density at radius 3 is 2.57 bits per heavy atom. The first-order valence-corrected chi connectivity index (χ1v) is 8.10. The summed E-state index contributed by atoms with van der Waals surface area (Å²) in [6, 6.07) is 11.2. The predicted molar refractivity (Wildman–Crippen MR) is 86.5 cm³/mol. The summed E-state index contributed by atoms with van der Waals surface area (Å²) in [6.45, 7) is 4.56. The molecule has 21 heavy (non-hydrogen) atoms. The van der Waals surface area contributed by atoms with Gasteiger partial charge in [0, 0.05) is 23.8 Å². The fourth-order valence-corrected chi connectivity index (χ4v) is 3.37. The molecule has 1 saturated carbocycles. The van der Waals surface area contributed by atoms with Gasteiger partial charge >= 0.3 is 0 Å². The molecule has 0 bridgehead atoms. The first-order valence-electron chi connectivity index (χ1n) is 8.10. The summed E-state index contributed by atoms with van der Waals surface area (Å²) in [7, 11) is 0. The standard InChI is InChI=1S/C18H25N3/c1-14(16-8-6-7-9-16)20-15(2)17-12-19-21(13-17)18-10-4-3-5-11-18/h3-5,10-16,20H,6-9H2,1-2H3/t14-,15?/m1/s1. The van der Waals surface area contributed by atoms with Gasteiger partial charge in [-0.2, -0.15) is 5.10 Å². The molecule has 3 rings (SSSR count). The van der Waals surface area contributed by atoms with Crippen LogP contribution >= 0.6 is 0 Å². The van der Waals surface area contributed by atoms with Gasteiger partial charge in [0.15, 0.2) is 0 Å². The second-order valence-electron chi connectivity index (χ2n) is 6.28. The molecule has 1 aliphatic carbocycles. The molecule has 1 N–H and O–H groups in total. The molecular formula is C18H25N3. The monoisotopic (exact) mass is 283 g/mol. The number of benzene rings is 1. The van der Waals surface area contributed by atoms with Crippen LogP contribution in [0.2, 0.25) is 0 Å². The van der Waals surface area contributed by atoms with E-state index in [1.807, 2.05) is 29.1 Å². The van der Waals surface area contributed by atoms with Crippen molar-refractivity contribution in [3.05, 3.63) is 48.3 Å². The molecule has 0 radical (unpaired) electrons. The number of rotatable bonds is 5. The van der Waals surface area contributed by atoms with E-state index in [0.29, 0.717) is 12.1 Å². The van der Waals surface area contributed by atoms with Crippen LogP contribution in [0.3, 0.4) is 0 Å². The van der Waals surface area contributed by atoms with Gasteiger partial charge in [-0.25, -0.2) is 4.68 Å². The van der Waals surface area contributed by atoms with Crippen LogP contribution < -0.4 is 5.32 Å². The van der Waals surface area contributed by atoms with Crippen LogP contribution in [0, 0.1) is 5.92 Å². The van der Waals surface area contributed by atoms with Crippen molar-refractivity contribution in [2.45, 2.75) is 51.6 Å². The molecule has 1 aliphatic rings. The molecule has 2 aromatic rings. The zero-order chi connectivity index (χ0) is 14.7. The molecule has 3 heteroatoms. The Kier molecular flexibility index (Phi) is 4.39. The zero-order valence-electron chi connectivity index (χ0n) is 13.0. The quantitative estimate of drug-likeness (QED) is 0.895. The van der Waals surface area contributed by atoms with E-state index in [4.69, 9.17) is 0 Å². The van der Waals surface area contributed by atoms with Crippen LogP contribution in [-0.2, 0) is 0 Å². The summed E-state index contributed by atoms with van der Waals surface area (Å²) in [5, 5.41) is 8.24. The van der Waals surface area contributed by atoms with E-state index in [9.17, 15) is 0 Å². The summed E-state index contributed by atoms with van der Waals surface area (Å²) < 4.78 is 1.95. The van der Waals surface area contributed by atoms with Crippen molar-refractivity contribution < 1.29 is 0 Å². The van der Waals surface area contributed by atoms with Crippen molar-refractivity contribution in [1.29, 1.82) is 0 Å². The lowest BCUT2D eigenvalue weighted by atomic mass is 9.98. The average molecular weight is 283 g/mol. The van der Waals surface area contributed by atoms with Gasteiger partial charge in [0.05, 0.1) is 11.9 Å². The lowest BCUT2D eigenvalue weighted by Crippen LogP contribution is -2.34. The van der Waals surface area contributed by atoms with Crippen LogP contribution in [0.5, 0.6) is 0 Å². The van der Waals surface area contributed by atoms with Gasteiger partial charge in [0.1, 0.15) is 0 Å².